The van der Waals surface area contributed by atoms with Gasteiger partial charge in [0, 0.05) is 6.54 Å². The molecular weight excluding hydrogens is 435 g/mol. The number of carbonyl (C=O) groups is 3. The van der Waals surface area contributed by atoms with Crippen LogP contribution in [0.3, 0.4) is 0 Å². The summed E-state index contributed by atoms with van der Waals surface area (Å²) in [5, 5.41) is 13.8. The molecule has 3 rings (SSSR count). The summed E-state index contributed by atoms with van der Waals surface area (Å²) in [6.45, 7) is -0.346. The first-order valence-electron chi connectivity index (χ1n) is 8.31. The Bertz CT molecular complexity index is 1020. The number of β-lactam (4-membered cyclic amide) rings is 1. The summed E-state index contributed by atoms with van der Waals surface area (Å²) in [4.78, 5) is 36.6. The van der Waals surface area contributed by atoms with Gasteiger partial charge in [-0.25, -0.2) is 4.79 Å². The van der Waals surface area contributed by atoms with Crippen molar-refractivity contribution in [2.24, 2.45) is 0 Å². The number of alkyl halides is 3. The molecule has 0 bridgehead atoms. The van der Waals surface area contributed by atoms with E-state index in [9.17, 15) is 41.1 Å². The molecule has 0 aliphatic carbocycles. The van der Waals surface area contributed by atoms with Crippen LogP contribution in [0.4, 0.5) is 13.2 Å². The van der Waals surface area contributed by atoms with Gasteiger partial charge in [-0.3, -0.25) is 14.5 Å². The van der Waals surface area contributed by atoms with Crippen LogP contribution in [0.5, 0.6) is 0 Å². The number of halogens is 3. The minimum atomic E-state index is -6.16. The Morgan fingerprint density at radius 3 is 2.47 bits per heavy atom. The number of rotatable bonds is 6. The minimum Gasteiger partial charge on any atom is -0.476 e. The summed E-state index contributed by atoms with van der Waals surface area (Å²) in [5.41, 5.74) is -6.23. The predicted molar refractivity (Wildman–Crippen MR) is 91.4 cm³/mol. The summed E-state index contributed by atoms with van der Waals surface area (Å²) in [7, 11) is -6.16. The topological polar surface area (TPSA) is 142 Å². The van der Waals surface area contributed by atoms with Crippen molar-refractivity contribution in [2.45, 2.75) is 24.0 Å². The van der Waals surface area contributed by atoms with E-state index in [-0.39, 0.29) is 13.0 Å². The van der Waals surface area contributed by atoms with Gasteiger partial charge in [-0.2, -0.15) is 21.6 Å². The standard InChI is InChI=1S/C16H14F3N3O7S/c17-16(18,19)30(27,28)29-13-12(15(25)26)22-9(7-20-13)11(14(22)24)21-10(23)6-8-4-2-1-3-5-8/h1-5,9,11,20H,6-7H2,(H,21,23)(H,25,26). The highest BCUT2D eigenvalue weighted by Crippen LogP contribution is 2.33. The van der Waals surface area contributed by atoms with Gasteiger partial charge in [0.25, 0.3) is 5.91 Å². The highest BCUT2D eigenvalue weighted by Gasteiger charge is 2.56. The molecule has 30 heavy (non-hydrogen) atoms. The maximum absolute atomic E-state index is 12.5. The van der Waals surface area contributed by atoms with E-state index in [2.05, 4.69) is 14.8 Å². The second-order valence-corrected chi connectivity index (χ2v) is 7.87. The molecule has 0 saturated carbocycles. The Morgan fingerprint density at radius 2 is 1.90 bits per heavy atom. The number of carboxylic acid groups (broad SMARTS) is 1. The van der Waals surface area contributed by atoms with Crippen molar-refractivity contribution in [3.05, 3.63) is 47.5 Å². The van der Waals surface area contributed by atoms with Crippen molar-refractivity contribution in [3.8, 4) is 0 Å². The van der Waals surface area contributed by atoms with Crippen molar-refractivity contribution >= 4 is 27.9 Å². The Kier molecular flexibility index (Phi) is 5.36. The van der Waals surface area contributed by atoms with Gasteiger partial charge in [0.2, 0.25) is 11.8 Å². The van der Waals surface area contributed by atoms with E-state index in [1.54, 1.807) is 30.3 Å². The fraction of sp³-hybridized carbons (Fsp3) is 0.312. The maximum atomic E-state index is 12.5. The first kappa shape index (κ1) is 21.4. The highest BCUT2D eigenvalue weighted by atomic mass is 32.2. The number of hydrogen-bond donors (Lipinski definition) is 3. The van der Waals surface area contributed by atoms with Crippen molar-refractivity contribution < 1.29 is 45.3 Å². The zero-order chi connectivity index (χ0) is 22.3. The minimum absolute atomic E-state index is 0.0510. The molecule has 1 aromatic carbocycles. The van der Waals surface area contributed by atoms with Crippen molar-refractivity contribution in [1.82, 2.24) is 15.5 Å². The fourth-order valence-electron chi connectivity index (χ4n) is 3.01. The zero-order valence-electron chi connectivity index (χ0n) is 14.8. The van der Waals surface area contributed by atoms with Gasteiger partial charge >= 0.3 is 21.6 Å². The van der Waals surface area contributed by atoms with E-state index in [4.69, 9.17) is 0 Å². The normalized spacial score (nSPS) is 21.3. The SMILES string of the molecule is O=C(Cc1ccccc1)NC1C(=O)N2C(C(=O)O)=C(OS(=O)(=O)C(F)(F)F)NCC12. The summed E-state index contributed by atoms with van der Waals surface area (Å²) in [5.74, 6) is -4.58. The molecule has 0 radical (unpaired) electrons. The third-order valence-corrected chi connectivity index (χ3v) is 5.30. The van der Waals surface area contributed by atoms with Crippen LogP contribution in [-0.2, 0) is 35.1 Å². The molecule has 2 unspecified atom stereocenters. The van der Waals surface area contributed by atoms with Crippen molar-refractivity contribution in [1.29, 1.82) is 0 Å². The molecule has 14 heteroatoms. The molecule has 3 N–H and O–H groups in total. The summed E-state index contributed by atoms with van der Waals surface area (Å²) < 4.78 is 63.8. The Hall–Kier alpha value is -3.29. The molecule has 0 spiro atoms. The Morgan fingerprint density at radius 1 is 1.27 bits per heavy atom. The van der Waals surface area contributed by atoms with Gasteiger partial charge < -0.3 is 19.9 Å². The van der Waals surface area contributed by atoms with E-state index >= 15 is 0 Å². The van der Waals surface area contributed by atoms with Crippen LogP contribution in [0.1, 0.15) is 5.56 Å². The van der Waals surface area contributed by atoms with Crippen LogP contribution in [0.15, 0.2) is 41.9 Å². The molecule has 2 atom stereocenters. The number of nitrogens with zero attached hydrogens (tertiary/aromatic N) is 1. The third-order valence-electron chi connectivity index (χ3n) is 4.35. The van der Waals surface area contributed by atoms with Gasteiger partial charge in [0.1, 0.15) is 6.04 Å². The fourth-order valence-corrected chi connectivity index (χ4v) is 3.46. The number of hydrogen-bond acceptors (Lipinski definition) is 7. The first-order valence-corrected chi connectivity index (χ1v) is 9.72. The Balaban J connectivity index is 1.76. The second-order valence-electron chi connectivity index (χ2n) is 6.33. The highest BCUT2D eigenvalue weighted by molar-refractivity contribution is 7.87. The molecule has 2 amide bonds. The van der Waals surface area contributed by atoms with Gasteiger partial charge in [-0.1, -0.05) is 30.3 Å². The van der Waals surface area contributed by atoms with Crippen LogP contribution >= 0.6 is 0 Å². The molecule has 1 fully saturated rings. The molecule has 2 heterocycles. The monoisotopic (exact) mass is 449 g/mol. The smallest absolute Gasteiger partial charge is 0.476 e. The lowest BCUT2D eigenvalue weighted by Crippen LogP contribution is -2.75. The van der Waals surface area contributed by atoms with Gasteiger partial charge in [0.15, 0.2) is 5.70 Å². The molecule has 162 valence electrons. The lowest BCUT2D eigenvalue weighted by atomic mass is 9.91. The predicted octanol–water partition coefficient (Wildman–Crippen LogP) is -0.352. The van der Waals surface area contributed by atoms with Crippen LogP contribution in [0.2, 0.25) is 0 Å². The van der Waals surface area contributed by atoms with E-state index < -0.39 is 57.1 Å². The van der Waals surface area contributed by atoms with E-state index in [0.29, 0.717) is 10.5 Å². The lowest BCUT2D eigenvalue weighted by molar-refractivity contribution is -0.156. The van der Waals surface area contributed by atoms with Crippen LogP contribution in [0.25, 0.3) is 0 Å². The van der Waals surface area contributed by atoms with E-state index in [1.807, 2.05) is 0 Å². The van der Waals surface area contributed by atoms with Gasteiger partial charge in [-0.05, 0) is 5.56 Å². The summed E-state index contributed by atoms with van der Waals surface area (Å²) in [6, 6.07) is 6.46. The van der Waals surface area contributed by atoms with Gasteiger partial charge in [0.05, 0.1) is 12.5 Å². The Labute approximate surface area is 167 Å². The van der Waals surface area contributed by atoms with Crippen LogP contribution < -0.4 is 10.6 Å². The van der Waals surface area contributed by atoms with Crippen molar-refractivity contribution in [3.63, 3.8) is 0 Å². The molecule has 1 aromatic rings. The zero-order valence-corrected chi connectivity index (χ0v) is 15.7. The van der Waals surface area contributed by atoms with E-state index in [0.717, 1.165) is 0 Å². The number of amides is 2. The average Bonchev–Trinajstić information content (AvgIpc) is 2.65. The lowest BCUT2D eigenvalue weighted by Gasteiger charge is -2.49. The number of aliphatic carboxylic acids is 1. The molecular formula is C16H14F3N3O7S. The number of fused-ring (bicyclic) bond motifs is 1. The van der Waals surface area contributed by atoms with Crippen LogP contribution in [0, 0.1) is 0 Å². The van der Waals surface area contributed by atoms with Crippen molar-refractivity contribution in [2.75, 3.05) is 6.54 Å². The average molecular weight is 449 g/mol. The molecule has 10 nitrogen and oxygen atoms in total. The maximum Gasteiger partial charge on any atom is 0.534 e. The number of nitrogens with one attached hydrogen (secondary N) is 2. The van der Waals surface area contributed by atoms with Gasteiger partial charge in [-0.15, -0.1) is 0 Å². The van der Waals surface area contributed by atoms with E-state index in [1.165, 1.54) is 0 Å². The largest absolute Gasteiger partial charge is 0.534 e. The second kappa shape index (κ2) is 7.51. The molecule has 2 aliphatic rings. The first-order chi connectivity index (χ1) is 13.9. The number of carbonyl (C=O) groups excluding carboxylic acids is 2. The quantitative estimate of drug-likeness (QED) is 0.304. The summed E-state index contributed by atoms with van der Waals surface area (Å²) >= 11 is 0. The summed E-state index contributed by atoms with van der Waals surface area (Å²) in [6.07, 6.45) is -0.0510. The molecule has 1 saturated heterocycles. The third kappa shape index (κ3) is 3.90. The number of benzene rings is 1. The molecule has 0 aromatic heterocycles. The van der Waals surface area contributed by atoms with Crippen LogP contribution in [-0.4, -0.2) is 60.3 Å². The molecule has 2 aliphatic heterocycles. The number of carboxylic acids is 1.